The van der Waals surface area contributed by atoms with Gasteiger partial charge >= 0.3 is 5.97 Å². The van der Waals surface area contributed by atoms with Crippen LogP contribution < -0.4 is 5.32 Å². The lowest BCUT2D eigenvalue weighted by molar-refractivity contribution is -0.121. The molecule has 0 spiro atoms. The summed E-state index contributed by atoms with van der Waals surface area (Å²) in [6.07, 6.45) is 1.61. The summed E-state index contributed by atoms with van der Waals surface area (Å²) in [5.74, 6) is -1.05. The van der Waals surface area contributed by atoms with E-state index in [1.165, 1.54) is 16.7 Å². The number of nitrogens with zero attached hydrogens (tertiary/aromatic N) is 3. The molecule has 0 aliphatic rings. The van der Waals surface area contributed by atoms with E-state index < -0.39 is 5.97 Å². The normalized spacial score (nSPS) is 10.7. The van der Waals surface area contributed by atoms with Gasteiger partial charge in [-0.15, -0.1) is 11.3 Å². The summed E-state index contributed by atoms with van der Waals surface area (Å²) in [4.78, 5) is 26.6. The maximum Gasteiger partial charge on any atom is 0.355 e. The Labute approximate surface area is 138 Å². The van der Waals surface area contributed by atoms with Crippen molar-refractivity contribution in [3.05, 3.63) is 33.0 Å². The summed E-state index contributed by atoms with van der Waals surface area (Å²) in [7, 11) is 1.89. The Bertz CT molecular complexity index is 720. The standard InChI is InChI=1S/C15H20N4O3S/c1-9-11(10(2)19(3)18-9)4-5-13(20)16-7-6-14-17-12(8-23-14)15(21)22/h8H,4-7H2,1-3H3,(H,16,20)(H,21,22). The number of rotatable bonds is 7. The van der Waals surface area contributed by atoms with Crippen LogP contribution in [0.25, 0.3) is 0 Å². The lowest BCUT2D eigenvalue weighted by atomic mass is 10.1. The molecule has 7 nitrogen and oxygen atoms in total. The van der Waals surface area contributed by atoms with Gasteiger partial charge < -0.3 is 10.4 Å². The van der Waals surface area contributed by atoms with Crippen LogP contribution in [0.2, 0.25) is 0 Å². The van der Waals surface area contributed by atoms with Crippen LogP contribution in [0, 0.1) is 13.8 Å². The van der Waals surface area contributed by atoms with Crippen molar-refractivity contribution >= 4 is 23.2 Å². The van der Waals surface area contributed by atoms with Crippen molar-refractivity contribution in [1.29, 1.82) is 0 Å². The highest BCUT2D eigenvalue weighted by Crippen LogP contribution is 2.14. The molecule has 2 N–H and O–H groups in total. The second-order valence-corrected chi connectivity index (χ2v) is 6.25. The van der Waals surface area contributed by atoms with Gasteiger partial charge in [-0.25, -0.2) is 9.78 Å². The first-order chi connectivity index (χ1) is 10.9. The van der Waals surface area contributed by atoms with Crippen LogP contribution in [-0.2, 0) is 24.7 Å². The van der Waals surface area contributed by atoms with Crippen LogP contribution in [0.1, 0.15) is 38.9 Å². The molecule has 0 fully saturated rings. The summed E-state index contributed by atoms with van der Waals surface area (Å²) in [5.41, 5.74) is 3.22. The molecule has 0 aliphatic heterocycles. The number of amides is 1. The molecule has 23 heavy (non-hydrogen) atoms. The van der Waals surface area contributed by atoms with Crippen LogP contribution in [0.3, 0.4) is 0 Å². The predicted octanol–water partition coefficient (Wildman–Crippen LogP) is 1.48. The van der Waals surface area contributed by atoms with Gasteiger partial charge in [-0.1, -0.05) is 0 Å². The molecule has 0 bridgehead atoms. The van der Waals surface area contributed by atoms with Crippen molar-refractivity contribution in [2.45, 2.75) is 33.1 Å². The SMILES string of the molecule is Cc1nn(C)c(C)c1CCC(=O)NCCc1nc(C(=O)O)cs1. The van der Waals surface area contributed by atoms with Crippen LogP contribution in [0.15, 0.2) is 5.38 Å². The molecule has 1 amide bonds. The predicted molar refractivity (Wildman–Crippen MR) is 86.8 cm³/mol. The Hall–Kier alpha value is -2.22. The summed E-state index contributed by atoms with van der Waals surface area (Å²) in [6, 6.07) is 0. The second kappa shape index (κ2) is 7.36. The molecule has 0 saturated carbocycles. The fourth-order valence-electron chi connectivity index (χ4n) is 2.34. The van der Waals surface area contributed by atoms with E-state index in [0.717, 1.165) is 17.0 Å². The maximum absolute atomic E-state index is 11.9. The minimum atomic E-state index is -1.03. The number of aromatic carboxylic acids is 1. The highest BCUT2D eigenvalue weighted by atomic mass is 32.1. The van der Waals surface area contributed by atoms with Crippen LogP contribution in [-0.4, -0.2) is 38.3 Å². The molecule has 2 aromatic rings. The molecule has 2 aromatic heterocycles. The number of hydrogen-bond donors (Lipinski definition) is 2. The number of carbonyl (C=O) groups is 2. The number of carbonyl (C=O) groups excluding carboxylic acids is 1. The second-order valence-electron chi connectivity index (χ2n) is 5.30. The van der Waals surface area contributed by atoms with Crippen molar-refractivity contribution in [2.75, 3.05) is 6.54 Å². The highest BCUT2D eigenvalue weighted by Gasteiger charge is 2.12. The zero-order chi connectivity index (χ0) is 17.0. The van der Waals surface area contributed by atoms with E-state index in [1.54, 1.807) is 0 Å². The lowest BCUT2D eigenvalue weighted by Gasteiger charge is -2.04. The highest BCUT2D eigenvalue weighted by molar-refractivity contribution is 7.09. The lowest BCUT2D eigenvalue weighted by Crippen LogP contribution is -2.26. The minimum Gasteiger partial charge on any atom is -0.476 e. The van der Waals surface area contributed by atoms with E-state index in [0.29, 0.717) is 30.8 Å². The third-order valence-corrected chi connectivity index (χ3v) is 4.60. The topological polar surface area (TPSA) is 97.1 Å². The third kappa shape index (κ3) is 4.38. The number of aromatic nitrogens is 3. The number of aryl methyl sites for hydroxylation is 2. The maximum atomic E-state index is 11.9. The molecule has 0 aromatic carbocycles. The Morgan fingerprint density at radius 3 is 2.65 bits per heavy atom. The monoisotopic (exact) mass is 336 g/mol. The van der Waals surface area contributed by atoms with E-state index in [9.17, 15) is 9.59 Å². The molecule has 2 heterocycles. The van der Waals surface area contributed by atoms with Gasteiger partial charge in [0, 0.05) is 37.5 Å². The van der Waals surface area contributed by atoms with Gasteiger partial charge in [-0.05, 0) is 25.8 Å². The summed E-state index contributed by atoms with van der Waals surface area (Å²) < 4.78 is 1.82. The zero-order valence-corrected chi connectivity index (χ0v) is 14.2. The van der Waals surface area contributed by atoms with Gasteiger partial charge in [0.25, 0.3) is 0 Å². The molecule has 0 radical (unpaired) electrons. The summed E-state index contributed by atoms with van der Waals surface area (Å²) in [6.45, 7) is 4.40. The van der Waals surface area contributed by atoms with Crippen molar-refractivity contribution < 1.29 is 14.7 Å². The number of carboxylic acid groups (broad SMARTS) is 1. The van der Waals surface area contributed by atoms with E-state index in [4.69, 9.17) is 5.11 Å². The first-order valence-electron chi connectivity index (χ1n) is 7.32. The van der Waals surface area contributed by atoms with Gasteiger partial charge in [-0.2, -0.15) is 5.10 Å². The van der Waals surface area contributed by atoms with Crippen LogP contribution >= 0.6 is 11.3 Å². The summed E-state index contributed by atoms with van der Waals surface area (Å²) in [5, 5.41) is 18.2. The average Bonchev–Trinajstić information content (AvgIpc) is 3.04. The molecular formula is C15H20N4O3S. The molecule has 0 saturated heterocycles. The number of hydrogen-bond acceptors (Lipinski definition) is 5. The van der Waals surface area contributed by atoms with Crippen molar-refractivity contribution in [3.8, 4) is 0 Å². The Morgan fingerprint density at radius 2 is 2.09 bits per heavy atom. The van der Waals surface area contributed by atoms with E-state index in [-0.39, 0.29) is 11.6 Å². The molecule has 2 rings (SSSR count). The fourth-order valence-corrected chi connectivity index (χ4v) is 3.11. The number of thiazole rings is 1. The van der Waals surface area contributed by atoms with Gasteiger partial charge in [0.15, 0.2) is 5.69 Å². The average molecular weight is 336 g/mol. The quantitative estimate of drug-likeness (QED) is 0.798. The van der Waals surface area contributed by atoms with Crippen molar-refractivity contribution in [2.24, 2.45) is 7.05 Å². The minimum absolute atomic E-state index is 0.0253. The van der Waals surface area contributed by atoms with Gasteiger partial charge in [-0.3, -0.25) is 9.48 Å². The van der Waals surface area contributed by atoms with Crippen LogP contribution in [0.5, 0.6) is 0 Å². The van der Waals surface area contributed by atoms with Gasteiger partial charge in [0.2, 0.25) is 5.91 Å². The Kier molecular flexibility index (Phi) is 5.49. The smallest absolute Gasteiger partial charge is 0.355 e. The molecule has 8 heteroatoms. The Balaban J connectivity index is 1.75. The van der Waals surface area contributed by atoms with Crippen molar-refractivity contribution in [3.63, 3.8) is 0 Å². The molecule has 0 unspecified atom stereocenters. The first kappa shape index (κ1) is 17.1. The molecule has 0 aliphatic carbocycles. The fraction of sp³-hybridized carbons (Fsp3) is 0.467. The largest absolute Gasteiger partial charge is 0.476 e. The number of carboxylic acids is 1. The van der Waals surface area contributed by atoms with E-state index >= 15 is 0 Å². The zero-order valence-electron chi connectivity index (χ0n) is 13.4. The van der Waals surface area contributed by atoms with E-state index in [2.05, 4.69) is 15.4 Å². The Morgan fingerprint density at radius 1 is 1.35 bits per heavy atom. The molecule has 0 atom stereocenters. The number of nitrogens with one attached hydrogen (secondary N) is 1. The van der Waals surface area contributed by atoms with Gasteiger partial charge in [0.1, 0.15) is 0 Å². The van der Waals surface area contributed by atoms with E-state index in [1.807, 2.05) is 25.6 Å². The first-order valence-corrected chi connectivity index (χ1v) is 8.20. The molecular weight excluding hydrogens is 316 g/mol. The van der Waals surface area contributed by atoms with Gasteiger partial charge in [0.05, 0.1) is 10.7 Å². The van der Waals surface area contributed by atoms with Crippen LogP contribution in [0.4, 0.5) is 0 Å². The third-order valence-electron chi connectivity index (χ3n) is 3.69. The summed E-state index contributed by atoms with van der Waals surface area (Å²) >= 11 is 1.29. The van der Waals surface area contributed by atoms with Crippen molar-refractivity contribution in [1.82, 2.24) is 20.1 Å². The molecule has 124 valence electrons.